The molecule has 0 spiro atoms. The Labute approximate surface area is 117 Å². The molecule has 0 aliphatic rings. The molecule has 20 heavy (non-hydrogen) atoms. The lowest BCUT2D eigenvalue weighted by Gasteiger charge is -2.14. The second-order valence-corrected chi connectivity index (χ2v) is 5.78. The van der Waals surface area contributed by atoms with Gasteiger partial charge in [0.25, 0.3) is 5.91 Å². The molecule has 0 heterocycles. The summed E-state index contributed by atoms with van der Waals surface area (Å²) in [6.07, 6.45) is 0. The maximum atomic E-state index is 13.6. The van der Waals surface area contributed by atoms with Crippen LogP contribution < -0.4 is 10.5 Å². The number of halogens is 1. The number of hydrogen-bond acceptors (Lipinski definition) is 4. The number of nitrogens with two attached hydrogens (primary N) is 1. The van der Waals surface area contributed by atoms with Crippen LogP contribution in [0.25, 0.3) is 0 Å². The van der Waals surface area contributed by atoms with Crippen molar-refractivity contribution in [3.63, 3.8) is 0 Å². The Kier molecular flexibility index (Phi) is 5.61. The molecule has 0 aliphatic heterocycles. The number of carbonyl (C=O) groups excluding carboxylic acids is 1. The van der Waals surface area contributed by atoms with E-state index in [-0.39, 0.29) is 23.1 Å². The molecule has 1 aromatic carbocycles. The zero-order valence-electron chi connectivity index (χ0n) is 11.2. The Balaban J connectivity index is 2.93. The Morgan fingerprint density at radius 1 is 1.50 bits per heavy atom. The molecule has 1 rings (SSSR count). The van der Waals surface area contributed by atoms with Gasteiger partial charge in [-0.3, -0.25) is 4.79 Å². The lowest BCUT2D eigenvalue weighted by Crippen LogP contribution is -2.36. The molecule has 1 aromatic rings. The van der Waals surface area contributed by atoms with Gasteiger partial charge in [0.15, 0.2) is 0 Å². The molecule has 0 aromatic heterocycles. The van der Waals surface area contributed by atoms with Gasteiger partial charge in [-0.1, -0.05) is 0 Å². The van der Waals surface area contributed by atoms with Crippen LogP contribution in [0, 0.1) is 5.82 Å². The second-order valence-electron chi connectivity index (χ2n) is 4.22. The highest BCUT2D eigenvalue weighted by Gasteiger charge is 2.18. The molecule has 1 unspecified atom stereocenters. The number of ether oxygens (including phenoxy) is 1. The maximum Gasteiger partial charge on any atom is 0.254 e. The van der Waals surface area contributed by atoms with Crippen LogP contribution in [0.4, 0.5) is 4.39 Å². The van der Waals surface area contributed by atoms with E-state index in [2.05, 4.69) is 5.32 Å². The fourth-order valence-corrected chi connectivity index (χ4v) is 2.03. The van der Waals surface area contributed by atoms with Crippen LogP contribution in [-0.2, 0) is 14.8 Å². The van der Waals surface area contributed by atoms with Crippen LogP contribution in [0.1, 0.15) is 24.2 Å². The van der Waals surface area contributed by atoms with Crippen molar-refractivity contribution in [1.82, 2.24) is 5.32 Å². The second kappa shape index (κ2) is 6.78. The summed E-state index contributed by atoms with van der Waals surface area (Å²) in [5.74, 6) is -1.54. The first-order chi connectivity index (χ1) is 9.25. The first-order valence-corrected chi connectivity index (χ1v) is 7.51. The number of sulfonamides is 1. The smallest absolute Gasteiger partial charge is 0.254 e. The van der Waals surface area contributed by atoms with Gasteiger partial charge in [0.05, 0.1) is 17.1 Å². The highest BCUT2D eigenvalue weighted by Crippen LogP contribution is 2.14. The van der Waals surface area contributed by atoms with Crippen LogP contribution in [-0.4, -0.2) is 33.6 Å². The van der Waals surface area contributed by atoms with Crippen molar-refractivity contribution >= 4 is 15.9 Å². The van der Waals surface area contributed by atoms with Gasteiger partial charge in [0, 0.05) is 12.6 Å². The molecule has 1 atom stereocenters. The van der Waals surface area contributed by atoms with Crippen molar-refractivity contribution in [2.45, 2.75) is 24.8 Å². The molecule has 0 bridgehead atoms. The van der Waals surface area contributed by atoms with E-state index >= 15 is 0 Å². The molecule has 112 valence electrons. The molecule has 0 radical (unpaired) electrons. The summed E-state index contributed by atoms with van der Waals surface area (Å²) in [7, 11) is -3.99. The highest BCUT2D eigenvalue weighted by atomic mass is 32.2. The van der Waals surface area contributed by atoms with Crippen LogP contribution in [0.2, 0.25) is 0 Å². The average Bonchev–Trinajstić information content (AvgIpc) is 2.35. The third kappa shape index (κ3) is 4.55. The number of primary sulfonamides is 1. The van der Waals surface area contributed by atoms with Gasteiger partial charge in [-0.15, -0.1) is 0 Å². The minimum atomic E-state index is -3.99. The summed E-state index contributed by atoms with van der Waals surface area (Å²) < 4.78 is 41.1. The third-order valence-electron chi connectivity index (χ3n) is 2.46. The van der Waals surface area contributed by atoms with Gasteiger partial charge in [-0.2, -0.15) is 0 Å². The monoisotopic (exact) mass is 304 g/mol. The lowest BCUT2D eigenvalue weighted by atomic mass is 10.2. The molecular weight excluding hydrogens is 287 g/mol. The number of amides is 1. The highest BCUT2D eigenvalue weighted by molar-refractivity contribution is 7.89. The summed E-state index contributed by atoms with van der Waals surface area (Å²) in [5.41, 5.74) is -0.375. The van der Waals surface area contributed by atoms with Crippen LogP contribution in [0.15, 0.2) is 23.1 Å². The molecule has 6 nitrogen and oxygen atoms in total. The molecular formula is C12H17FN2O4S. The van der Waals surface area contributed by atoms with Crippen molar-refractivity contribution in [3.05, 3.63) is 29.6 Å². The van der Waals surface area contributed by atoms with Gasteiger partial charge >= 0.3 is 0 Å². The first kappa shape index (κ1) is 16.5. The van der Waals surface area contributed by atoms with E-state index in [4.69, 9.17) is 9.88 Å². The van der Waals surface area contributed by atoms with Crippen molar-refractivity contribution < 1.29 is 22.3 Å². The van der Waals surface area contributed by atoms with Crippen molar-refractivity contribution in [3.8, 4) is 0 Å². The number of hydrogen-bond donors (Lipinski definition) is 2. The zero-order chi connectivity index (χ0) is 15.3. The van der Waals surface area contributed by atoms with Gasteiger partial charge < -0.3 is 10.1 Å². The summed E-state index contributed by atoms with van der Waals surface area (Å²) in [4.78, 5) is 11.6. The summed E-state index contributed by atoms with van der Waals surface area (Å²) >= 11 is 0. The Bertz CT molecular complexity index is 589. The van der Waals surface area contributed by atoms with Gasteiger partial charge in [0.2, 0.25) is 10.0 Å². The fraction of sp³-hybridized carbons (Fsp3) is 0.417. The quantitative estimate of drug-likeness (QED) is 0.805. The van der Waals surface area contributed by atoms with Gasteiger partial charge in [-0.25, -0.2) is 17.9 Å². The van der Waals surface area contributed by atoms with Crippen LogP contribution in [0.3, 0.4) is 0 Å². The number of carbonyl (C=O) groups is 1. The average molecular weight is 304 g/mol. The molecule has 0 aliphatic carbocycles. The Morgan fingerprint density at radius 3 is 2.70 bits per heavy atom. The maximum absolute atomic E-state index is 13.6. The lowest BCUT2D eigenvalue weighted by molar-refractivity contribution is 0.0868. The van der Waals surface area contributed by atoms with Crippen molar-refractivity contribution in [2.24, 2.45) is 5.14 Å². The SMILES string of the molecule is CCOCC(C)NC(=O)c1cc(S(N)(=O)=O)ccc1F. The Hall–Kier alpha value is -1.51. The van der Waals surface area contributed by atoms with Gasteiger partial charge in [0.1, 0.15) is 5.82 Å². The molecule has 0 fully saturated rings. The molecule has 0 saturated carbocycles. The van der Waals surface area contributed by atoms with Gasteiger partial charge in [-0.05, 0) is 32.0 Å². The number of nitrogens with one attached hydrogen (secondary N) is 1. The number of benzene rings is 1. The van der Waals surface area contributed by atoms with Crippen molar-refractivity contribution in [2.75, 3.05) is 13.2 Å². The minimum absolute atomic E-state index is 0.277. The largest absolute Gasteiger partial charge is 0.380 e. The first-order valence-electron chi connectivity index (χ1n) is 5.96. The van der Waals surface area contributed by atoms with E-state index in [9.17, 15) is 17.6 Å². The Morgan fingerprint density at radius 2 is 2.15 bits per heavy atom. The predicted molar refractivity (Wildman–Crippen MR) is 71.2 cm³/mol. The standard InChI is InChI=1S/C12H17FN2O4S/c1-3-19-7-8(2)15-12(16)10-6-9(20(14,17)18)4-5-11(10)13/h4-6,8H,3,7H2,1-2H3,(H,15,16)(H2,14,17,18). The van der Waals surface area contributed by atoms with E-state index < -0.39 is 21.7 Å². The van der Waals surface area contributed by atoms with E-state index in [1.807, 2.05) is 6.92 Å². The topological polar surface area (TPSA) is 98.5 Å². The van der Waals surface area contributed by atoms with E-state index in [1.54, 1.807) is 6.92 Å². The molecule has 3 N–H and O–H groups in total. The van der Waals surface area contributed by atoms with E-state index in [0.29, 0.717) is 6.61 Å². The van der Waals surface area contributed by atoms with Crippen molar-refractivity contribution in [1.29, 1.82) is 0 Å². The molecule has 0 saturated heterocycles. The summed E-state index contributed by atoms with van der Waals surface area (Å²) in [5, 5.41) is 7.45. The number of rotatable bonds is 6. The van der Waals surface area contributed by atoms with E-state index in [0.717, 1.165) is 18.2 Å². The molecule has 1 amide bonds. The van der Waals surface area contributed by atoms with Crippen LogP contribution >= 0.6 is 0 Å². The predicted octanol–water partition coefficient (Wildman–Crippen LogP) is 0.628. The normalized spacial score (nSPS) is 13.0. The van der Waals surface area contributed by atoms with Crippen LogP contribution in [0.5, 0.6) is 0 Å². The minimum Gasteiger partial charge on any atom is -0.380 e. The third-order valence-corrected chi connectivity index (χ3v) is 3.37. The zero-order valence-corrected chi connectivity index (χ0v) is 12.0. The molecule has 8 heteroatoms. The fourth-order valence-electron chi connectivity index (χ4n) is 1.49. The summed E-state index contributed by atoms with van der Waals surface area (Å²) in [6.45, 7) is 4.27. The van der Waals surface area contributed by atoms with E-state index in [1.165, 1.54) is 0 Å². The summed E-state index contributed by atoms with van der Waals surface area (Å²) in [6, 6.07) is 2.47.